The highest BCUT2D eigenvalue weighted by molar-refractivity contribution is 7.09. The molecule has 0 spiro atoms. The largest absolute Gasteiger partial charge is 0.457 e. The first-order chi connectivity index (χ1) is 10.4. The Hall–Kier alpha value is -2.15. The predicted molar refractivity (Wildman–Crippen MR) is 76.2 cm³/mol. The van der Waals surface area contributed by atoms with Gasteiger partial charge in [-0.3, -0.25) is 0 Å². The molecule has 0 saturated heterocycles. The molecule has 0 aliphatic rings. The first-order valence-corrected chi connectivity index (χ1v) is 7.13. The molecule has 0 radical (unpaired) electrons. The number of benzene rings is 1. The highest BCUT2D eigenvalue weighted by Crippen LogP contribution is 2.29. The highest BCUT2D eigenvalue weighted by atomic mass is 32.1. The van der Waals surface area contributed by atoms with Gasteiger partial charge < -0.3 is 4.74 Å². The quantitative estimate of drug-likeness (QED) is 0.615. The first kappa shape index (κ1) is 16.2. The molecular formula is C15H12F3NO2S. The summed E-state index contributed by atoms with van der Waals surface area (Å²) in [6, 6.07) is 4.66. The van der Waals surface area contributed by atoms with Gasteiger partial charge in [-0.2, -0.15) is 13.2 Å². The van der Waals surface area contributed by atoms with Gasteiger partial charge in [0.25, 0.3) is 0 Å². The van der Waals surface area contributed by atoms with Gasteiger partial charge in [-0.25, -0.2) is 9.78 Å². The zero-order valence-corrected chi connectivity index (χ0v) is 12.2. The number of aromatic nitrogens is 1. The molecule has 0 atom stereocenters. The molecule has 0 aliphatic heterocycles. The van der Waals surface area contributed by atoms with Gasteiger partial charge in [-0.05, 0) is 17.7 Å². The van der Waals surface area contributed by atoms with Crippen LogP contribution in [0.1, 0.15) is 16.1 Å². The third-order valence-corrected chi connectivity index (χ3v) is 3.54. The van der Waals surface area contributed by atoms with E-state index in [1.807, 2.05) is 0 Å². The topological polar surface area (TPSA) is 39.2 Å². The van der Waals surface area contributed by atoms with Crippen LogP contribution in [0.15, 0.2) is 48.0 Å². The van der Waals surface area contributed by atoms with E-state index in [9.17, 15) is 18.0 Å². The molecule has 0 N–H and O–H groups in total. The molecule has 2 aromatic rings. The SMILES string of the molecule is C=C(Cc1nccs1)C(=O)OCc1cccc(C(F)(F)F)c1. The van der Waals surface area contributed by atoms with E-state index in [1.54, 1.807) is 11.6 Å². The summed E-state index contributed by atoms with van der Waals surface area (Å²) in [4.78, 5) is 15.8. The molecule has 116 valence electrons. The number of esters is 1. The molecule has 0 fully saturated rings. The zero-order valence-electron chi connectivity index (χ0n) is 11.4. The van der Waals surface area contributed by atoms with E-state index in [4.69, 9.17) is 4.74 Å². The van der Waals surface area contributed by atoms with Crippen molar-refractivity contribution in [2.24, 2.45) is 0 Å². The third-order valence-electron chi connectivity index (χ3n) is 2.76. The second-order valence-corrected chi connectivity index (χ2v) is 5.46. The molecule has 0 saturated carbocycles. The maximum atomic E-state index is 12.6. The molecule has 3 nitrogen and oxygen atoms in total. The summed E-state index contributed by atoms with van der Waals surface area (Å²) in [7, 11) is 0. The Morgan fingerprint density at radius 3 is 2.77 bits per heavy atom. The summed E-state index contributed by atoms with van der Waals surface area (Å²) in [5.41, 5.74) is -0.296. The van der Waals surface area contributed by atoms with Gasteiger partial charge in [0.2, 0.25) is 0 Å². The molecule has 1 aromatic carbocycles. The van der Waals surface area contributed by atoms with Crippen LogP contribution in [0.5, 0.6) is 0 Å². The molecule has 0 amide bonds. The minimum absolute atomic E-state index is 0.210. The van der Waals surface area contributed by atoms with Gasteiger partial charge in [0.05, 0.1) is 10.6 Å². The van der Waals surface area contributed by atoms with Crippen molar-refractivity contribution in [3.63, 3.8) is 0 Å². The lowest BCUT2D eigenvalue weighted by Crippen LogP contribution is -2.10. The highest BCUT2D eigenvalue weighted by Gasteiger charge is 2.30. The molecule has 22 heavy (non-hydrogen) atoms. The Labute approximate surface area is 129 Å². The van der Waals surface area contributed by atoms with Gasteiger partial charge >= 0.3 is 12.1 Å². The van der Waals surface area contributed by atoms with Crippen LogP contribution < -0.4 is 0 Å². The van der Waals surface area contributed by atoms with E-state index in [2.05, 4.69) is 11.6 Å². The van der Waals surface area contributed by atoms with Gasteiger partial charge in [0.1, 0.15) is 6.61 Å². The van der Waals surface area contributed by atoms with Crippen LogP contribution in [-0.2, 0) is 28.7 Å². The van der Waals surface area contributed by atoms with Crippen LogP contribution in [0.25, 0.3) is 0 Å². The molecular weight excluding hydrogens is 315 g/mol. The van der Waals surface area contributed by atoms with E-state index >= 15 is 0 Å². The van der Waals surface area contributed by atoms with Crippen LogP contribution in [0.4, 0.5) is 13.2 Å². The van der Waals surface area contributed by atoms with E-state index < -0.39 is 17.7 Å². The maximum Gasteiger partial charge on any atom is 0.416 e. The third kappa shape index (κ3) is 4.42. The number of hydrogen-bond donors (Lipinski definition) is 0. The Kier molecular flexibility index (Phi) is 4.97. The fourth-order valence-corrected chi connectivity index (χ4v) is 2.34. The minimum Gasteiger partial charge on any atom is -0.457 e. The number of alkyl halides is 3. The van der Waals surface area contributed by atoms with Crippen LogP contribution in [0, 0.1) is 0 Å². The van der Waals surface area contributed by atoms with E-state index in [-0.39, 0.29) is 24.2 Å². The van der Waals surface area contributed by atoms with Crippen molar-refractivity contribution in [2.75, 3.05) is 0 Å². The van der Waals surface area contributed by atoms with E-state index in [0.717, 1.165) is 17.1 Å². The smallest absolute Gasteiger partial charge is 0.416 e. The fraction of sp³-hybridized carbons (Fsp3) is 0.200. The summed E-state index contributed by atoms with van der Waals surface area (Å²) >= 11 is 1.38. The summed E-state index contributed by atoms with van der Waals surface area (Å²) in [5.74, 6) is -0.646. The number of halogens is 3. The summed E-state index contributed by atoms with van der Waals surface area (Å²) < 4.78 is 42.7. The van der Waals surface area contributed by atoms with Crippen LogP contribution >= 0.6 is 11.3 Å². The molecule has 1 aromatic heterocycles. The van der Waals surface area contributed by atoms with E-state index in [1.165, 1.54) is 23.5 Å². The van der Waals surface area contributed by atoms with Crippen molar-refractivity contribution in [1.29, 1.82) is 0 Å². The molecule has 0 bridgehead atoms. The first-order valence-electron chi connectivity index (χ1n) is 6.25. The number of hydrogen-bond acceptors (Lipinski definition) is 4. The second-order valence-electron chi connectivity index (χ2n) is 4.48. The van der Waals surface area contributed by atoms with Gasteiger partial charge in [0.15, 0.2) is 0 Å². The van der Waals surface area contributed by atoms with Crippen molar-refractivity contribution in [2.45, 2.75) is 19.2 Å². The number of thiazole rings is 1. The van der Waals surface area contributed by atoms with Crippen molar-refractivity contribution >= 4 is 17.3 Å². The fourth-order valence-electron chi connectivity index (χ4n) is 1.68. The molecule has 0 unspecified atom stereocenters. The molecule has 2 rings (SSSR count). The number of ether oxygens (including phenoxy) is 1. The Balaban J connectivity index is 1.92. The monoisotopic (exact) mass is 327 g/mol. The Morgan fingerprint density at radius 1 is 1.36 bits per heavy atom. The van der Waals surface area contributed by atoms with Gasteiger partial charge in [-0.1, -0.05) is 18.7 Å². The van der Waals surface area contributed by atoms with Gasteiger partial charge in [0, 0.05) is 23.6 Å². The van der Waals surface area contributed by atoms with E-state index in [0.29, 0.717) is 0 Å². The number of nitrogens with zero attached hydrogens (tertiary/aromatic N) is 1. The molecule has 1 heterocycles. The van der Waals surface area contributed by atoms with Crippen LogP contribution in [0.3, 0.4) is 0 Å². The minimum atomic E-state index is -4.42. The number of carbonyl (C=O) groups is 1. The van der Waals surface area contributed by atoms with Crippen molar-refractivity contribution in [3.05, 3.63) is 64.1 Å². The summed E-state index contributed by atoms with van der Waals surface area (Å²) in [5, 5.41) is 2.50. The average Bonchev–Trinajstić information content (AvgIpc) is 2.97. The molecule has 0 aliphatic carbocycles. The number of carbonyl (C=O) groups excluding carboxylic acids is 1. The Morgan fingerprint density at radius 2 is 2.14 bits per heavy atom. The molecule has 7 heteroatoms. The second kappa shape index (κ2) is 6.74. The standard InChI is InChI=1S/C15H12F3NO2S/c1-10(7-13-19-5-6-22-13)14(20)21-9-11-3-2-4-12(8-11)15(16,17)18/h2-6,8H,1,7,9H2. The van der Waals surface area contributed by atoms with Crippen molar-refractivity contribution in [3.8, 4) is 0 Å². The summed E-state index contributed by atoms with van der Waals surface area (Å²) in [6.45, 7) is 3.37. The van der Waals surface area contributed by atoms with Crippen molar-refractivity contribution in [1.82, 2.24) is 4.98 Å². The van der Waals surface area contributed by atoms with Crippen molar-refractivity contribution < 1.29 is 22.7 Å². The normalized spacial score (nSPS) is 11.2. The lowest BCUT2D eigenvalue weighted by Gasteiger charge is -2.09. The summed E-state index contributed by atoms with van der Waals surface area (Å²) in [6.07, 6.45) is -2.55. The Bertz CT molecular complexity index is 666. The van der Waals surface area contributed by atoms with Crippen LogP contribution in [0.2, 0.25) is 0 Å². The lowest BCUT2D eigenvalue weighted by molar-refractivity contribution is -0.140. The lowest BCUT2D eigenvalue weighted by atomic mass is 10.1. The average molecular weight is 327 g/mol. The van der Waals surface area contributed by atoms with Crippen LogP contribution in [-0.4, -0.2) is 11.0 Å². The number of rotatable bonds is 5. The zero-order chi connectivity index (χ0) is 16.2. The van der Waals surface area contributed by atoms with Gasteiger partial charge in [-0.15, -0.1) is 11.3 Å². The maximum absolute atomic E-state index is 12.6. The predicted octanol–water partition coefficient (Wildman–Crippen LogP) is 4.00.